The van der Waals surface area contributed by atoms with E-state index in [4.69, 9.17) is 14.2 Å². The molecule has 2 heterocycles. The lowest BCUT2D eigenvalue weighted by molar-refractivity contribution is -0.157. The smallest absolute Gasteiger partial charge is 0.408 e. The molecule has 0 unspecified atom stereocenters. The molecule has 0 aliphatic carbocycles. The van der Waals surface area contributed by atoms with Gasteiger partial charge in [0, 0.05) is 6.61 Å². The van der Waals surface area contributed by atoms with Crippen molar-refractivity contribution in [1.82, 2.24) is 5.32 Å². The molecule has 1 N–H and O–H groups in total. The molecule has 2 aliphatic heterocycles. The minimum absolute atomic E-state index is 0.0239. The van der Waals surface area contributed by atoms with E-state index in [2.05, 4.69) is 5.32 Å². The minimum Gasteiger partial charge on any atom is -0.458 e. The Labute approximate surface area is 131 Å². The van der Waals surface area contributed by atoms with Crippen LogP contribution in [-0.4, -0.2) is 42.5 Å². The van der Waals surface area contributed by atoms with Crippen LogP contribution < -0.4 is 5.32 Å². The Morgan fingerprint density at radius 3 is 2.68 bits per heavy atom. The van der Waals surface area contributed by atoms with E-state index in [9.17, 15) is 9.59 Å². The first-order valence-electron chi connectivity index (χ1n) is 8.08. The van der Waals surface area contributed by atoms with Crippen LogP contribution in [0.3, 0.4) is 0 Å². The number of ether oxygens (including phenoxy) is 3. The van der Waals surface area contributed by atoms with E-state index in [-0.39, 0.29) is 12.2 Å². The summed E-state index contributed by atoms with van der Waals surface area (Å²) in [5, 5.41) is 2.63. The highest BCUT2D eigenvalue weighted by atomic mass is 16.6. The summed E-state index contributed by atoms with van der Waals surface area (Å²) in [4.78, 5) is 24.1. The largest absolute Gasteiger partial charge is 0.458 e. The third kappa shape index (κ3) is 4.60. The first-order chi connectivity index (χ1) is 10.3. The predicted molar refractivity (Wildman–Crippen MR) is 80.4 cm³/mol. The van der Waals surface area contributed by atoms with Crippen molar-refractivity contribution in [3.8, 4) is 0 Å². The van der Waals surface area contributed by atoms with Crippen LogP contribution in [0.4, 0.5) is 4.79 Å². The Morgan fingerprint density at radius 2 is 2.00 bits per heavy atom. The van der Waals surface area contributed by atoms with E-state index >= 15 is 0 Å². The second-order valence-corrected chi connectivity index (χ2v) is 7.16. The first-order valence-corrected chi connectivity index (χ1v) is 8.08. The van der Waals surface area contributed by atoms with Crippen LogP contribution in [0.25, 0.3) is 0 Å². The first kappa shape index (κ1) is 17.1. The number of alkyl carbamates (subject to hydrolysis) is 1. The van der Waals surface area contributed by atoms with E-state index in [1.54, 1.807) is 20.8 Å². The van der Waals surface area contributed by atoms with E-state index < -0.39 is 23.7 Å². The molecule has 0 spiro atoms. The Bertz CT molecular complexity index is 417. The average Bonchev–Trinajstić information content (AvgIpc) is 2.83. The van der Waals surface area contributed by atoms with Crippen LogP contribution in [0.1, 0.15) is 53.4 Å². The van der Waals surface area contributed by atoms with Gasteiger partial charge in [-0.1, -0.05) is 6.42 Å². The molecular weight excluding hydrogens is 286 g/mol. The van der Waals surface area contributed by atoms with E-state index in [1.165, 1.54) is 0 Å². The summed E-state index contributed by atoms with van der Waals surface area (Å²) in [6.07, 6.45) is 2.51. The van der Waals surface area contributed by atoms with Crippen molar-refractivity contribution in [3.63, 3.8) is 0 Å². The molecule has 6 nitrogen and oxygen atoms in total. The van der Waals surface area contributed by atoms with Gasteiger partial charge in [-0.15, -0.1) is 0 Å². The standard InChI is InChI=1S/C16H27NO5/c1-10-13-11(8-9-20-13)6-5-7-12(14(18)21-10)17-15(19)22-16(2,3)4/h10-13H,5-9H2,1-4H3,(H,17,19)/t10-,11+,12-,13-/m0/s1. The third-order valence-electron chi connectivity index (χ3n) is 4.07. The summed E-state index contributed by atoms with van der Waals surface area (Å²) in [5.41, 5.74) is -0.593. The zero-order valence-corrected chi connectivity index (χ0v) is 13.9. The van der Waals surface area contributed by atoms with Gasteiger partial charge >= 0.3 is 12.1 Å². The van der Waals surface area contributed by atoms with E-state index in [0.717, 1.165) is 25.9 Å². The Morgan fingerprint density at radius 1 is 1.27 bits per heavy atom. The summed E-state index contributed by atoms with van der Waals surface area (Å²) < 4.78 is 16.4. The number of nitrogens with one attached hydrogen (secondary N) is 1. The van der Waals surface area contributed by atoms with Crippen molar-refractivity contribution < 1.29 is 23.8 Å². The van der Waals surface area contributed by atoms with Crippen LogP contribution in [0, 0.1) is 5.92 Å². The van der Waals surface area contributed by atoms with Gasteiger partial charge in [0.1, 0.15) is 17.7 Å². The molecule has 0 aromatic heterocycles. The second kappa shape index (κ2) is 6.86. The summed E-state index contributed by atoms with van der Waals surface area (Å²) in [6.45, 7) is 7.95. The molecule has 0 aromatic carbocycles. The van der Waals surface area contributed by atoms with Crippen molar-refractivity contribution in [2.75, 3.05) is 6.61 Å². The van der Waals surface area contributed by atoms with E-state index in [0.29, 0.717) is 12.3 Å². The molecule has 0 radical (unpaired) electrons. The number of amides is 1. The minimum atomic E-state index is -0.656. The van der Waals surface area contributed by atoms with Crippen LogP contribution in [0.15, 0.2) is 0 Å². The van der Waals surface area contributed by atoms with Gasteiger partial charge in [-0.3, -0.25) is 0 Å². The molecule has 0 saturated carbocycles. The Kier molecular flexibility index (Phi) is 5.32. The van der Waals surface area contributed by atoms with Crippen LogP contribution in [0.5, 0.6) is 0 Å². The van der Waals surface area contributed by atoms with Gasteiger partial charge in [0.2, 0.25) is 0 Å². The van der Waals surface area contributed by atoms with Crippen molar-refractivity contribution in [1.29, 1.82) is 0 Å². The number of hydrogen-bond donors (Lipinski definition) is 1. The van der Waals surface area contributed by atoms with Crippen molar-refractivity contribution in [2.24, 2.45) is 5.92 Å². The maximum atomic E-state index is 12.3. The van der Waals surface area contributed by atoms with Gasteiger partial charge in [-0.2, -0.15) is 0 Å². The number of rotatable bonds is 1. The number of cyclic esters (lactones) is 1. The second-order valence-electron chi connectivity index (χ2n) is 7.16. The number of carbonyl (C=O) groups excluding carboxylic acids is 2. The third-order valence-corrected chi connectivity index (χ3v) is 4.07. The van der Waals surface area contributed by atoms with Gasteiger partial charge in [0.15, 0.2) is 0 Å². The zero-order chi connectivity index (χ0) is 16.3. The van der Waals surface area contributed by atoms with Gasteiger partial charge in [0.25, 0.3) is 0 Å². The van der Waals surface area contributed by atoms with Gasteiger partial charge in [0.05, 0.1) is 6.10 Å². The SMILES string of the molecule is C[C@@H]1OC(=O)[C@@H](NC(=O)OC(C)(C)C)CCC[C@@H]2CCO[C@H]21. The number of fused-ring (bicyclic) bond motifs is 1. The van der Waals surface area contributed by atoms with Crippen LogP contribution in [0.2, 0.25) is 0 Å². The summed E-state index contributed by atoms with van der Waals surface area (Å²) in [7, 11) is 0. The van der Waals surface area contributed by atoms with Crippen LogP contribution >= 0.6 is 0 Å². The molecule has 126 valence electrons. The highest BCUT2D eigenvalue weighted by molar-refractivity contribution is 5.81. The molecule has 4 atom stereocenters. The van der Waals surface area contributed by atoms with Crippen LogP contribution in [-0.2, 0) is 19.0 Å². The molecule has 1 amide bonds. The maximum absolute atomic E-state index is 12.3. The molecule has 0 bridgehead atoms. The topological polar surface area (TPSA) is 73.9 Å². The van der Waals surface area contributed by atoms with Crippen molar-refractivity contribution >= 4 is 12.1 Å². The fourth-order valence-electron chi connectivity index (χ4n) is 3.10. The highest BCUT2D eigenvalue weighted by Gasteiger charge is 2.37. The summed E-state index contributed by atoms with van der Waals surface area (Å²) in [5.74, 6) is 0.0255. The Hall–Kier alpha value is -1.30. The zero-order valence-electron chi connectivity index (χ0n) is 13.9. The predicted octanol–water partition coefficient (Wildman–Crippen LogP) is 2.40. The number of hydrogen-bond acceptors (Lipinski definition) is 5. The molecule has 2 aliphatic rings. The summed E-state index contributed by atoms with van der Waals surface area (Å²) >= 11 is 0. The normalized spacial score (nSPS) is 33.0. The Balaban J connectivity index is 1.97. The fourth-order valence-corrected chi connectivity index (χ4v) is 3.10. The van der Waals surface area contributed by atoms with Gasteiger partial charge in [-0.05, 0) is 52.9 Å². The van der Waals surface area contributed by atoms with Crippen molar-refractivity contribution in [2.45, 2.75) is 77.2 Å². The molecule has 2 rings (SSSR count). The summed E-state index contributed by atoms with van der Waals surface area (Å²) in [6, 6.07) is -0.656. The monoisotopic (exact) mass is 313 g/mol. The molecule has 2 fully saturated rings. The molecule has 0 aromatic rings. The van der Waals surface area contributed by atoms with Crippen molar-refractivity contribution in [3.05, 3.63) is 0 Å². The fraction of sp³-hybridized carbons (Fsp3) is 0.875. The lowest BCUT2D eigenvalue weighted by Crippen LogP contribution is -2.45. The van der Waals surface area contributed by atoms with E-state index in [1.807, 2.05) is 6.92 Å². The van der Waals surface area contributed by atoms with Gasteiger partial charge in [-0.25, -0.2) is 9.59 Å². The number of esters is 1. The lowest BCUT2D eigenvalue weighted by atomic mass is 9.92. The molecule has 6 heteroatoms. The molecule has 2 saturated heterocycles. The number of carbonyl (C=O) groups is 2. The highest BCUT2D eigenvalue weighted by Crippen LogP contribution is 2.31. The lowest BCUT2D eigenvalue weighted by Gasteiger charge is -2.25. The van der Waals surface area contributed by atoms with Gasteiger partial charge < -0.3 is 19.5 Å². The molecular formula is C16H27NO5. The molecule has 22 heavy (non-hydrogen) atoms. The maximum Gasteiger partial charge on any atom is 0.408 e. The quantitative estimate of drug-likeness (QED) is 0.753. The average molecular weight is 313 g/mol.